The van der Waals surface area contributed by atoms with Crippen LogP contribution in [0.4, 0.5) is 5.69 Å². The molecule has 0 fully saturated rings. The number of para-hydroxylation sites is 1. The maximum Gasteiger partial charge on any atom is 3.00 e. The Kier molecular flexibility index (Phi) is 15.4. The second kappa shape index (κ2) is 14.9. The number of aryl methyl sites for hydroxylation is 2. The van der Waals surface area contributed by atoms with Gasteiger partial charge in [-0.1, -0.05) is 83.0 Å². The molecule has 0 spiro atoms. The molecule has 0 saturated carbocycles. The normalized spacial score (nSPS) is 10.8. The molecule has 0 aliphatic heterocycles. The van der Waals surface area contributed by atoms with Gasteiger partial charge in [0.05, 0.1) is 0 Å². The van der Waals surface area contributed by atoms with Gasteiger partial charge in [0, 0.05) is 0 Å². The van der Waals surface area contributed by atoms with Crippen molar-refractivity contribution in [3.8, 4) is 5.75 Å². The Morgan fingerprint density at radius 1 is 0.781 bits per heavy atom. The Balaban J connectivity index is 0. The maximum atomic E-state index is 10.9. The van der Waals surface area contributed by atoms with Crippen molar-refractivity contribution in [3.63, 3.8) is 0 Å². The van der Waals surface area contributed by atoms with Gasteiger partial charge in [0.15, 0.2) is 0 Å². The molecule has 1 radical (unpaired) electrons. The minimum absolute atomic E-state index is 0. The van der Waals surface area contributed by atoms with E-state index >= 15 is 0 Å². The van der Waals surface area contributed by atoms with Crippen LogP contribution in [0.2, 0.25) is 0 Å². The molecule has 0 atom stereocenters. The summed E-state index contributed by atoms with van der Waals surface area (Å²) in [4.78, 5) is 0. The molecular formula is C27H44N3OZr. The van der Waals surface area contributed by atoms with Gasteiger partial charge in [0.25, 0.3) is 0 Å². The number of nitrogens with zero attached hydrogens (tertiary/aromatic N) is 3. The van der Waals surface area contributed by atoms with Crippen LogP contribution in [0.5, 0.6) is 5.75 Å². The molecule has 0 aliphatic rings. The number of hydrogen-bond acceptors (Lipinski definition) is 1. The summed E-state index contributed by atoms with van der Waals surface area (Å²) in [5.74, 6) is 0.385. The van der Waals surface area contributed by atoms with Gasteiger partial charge in [0.1, 0.15) is 5.75 Å². The Bertz CT molecular complexity index is 784. The van der Waals surface area contributed by atoms with E-state index in [9.17, 15) is 5.11 Å². The molecule has 0 unspecified atom stereocenters. The third kappa shape index (κ3) is 10.6. The minimum atomic E-state index is -0.112. The summed E-state index contributed by atoms with van der Waals surface area (Å²) in [7, 11) is 7.00. The third-order valence-electron chi connectivity index (χ3n) is 4.71. The molecule has 5 heteroatoms. The molecular weight excluding hydrogens is 474 g/mol. The van der Waals surface area contributed by atoms with Crippen molar-refractivity contribution in [2.75, 3.05) is 28.2 Å². The number of phenols is 1. The van der Waals surface area contributed by atoms with Gasteiger partial charge >= 0.3 is 26.2 Å². The van der Waals surface area contributed by atoms with Crippen LogP contribution >= 0.6 is 0 Å². The van der Waals surface area contributed by atoms with Gasteiger partial charge in [-0.2, -0.15) is 28.2 Å². The van der Waals surface area contributed by atoms with E-state index < -0.39 is 0 Å². The first-order valence-corrected chi connectivity index (χ1v) is 10.8. The number of benzene rings is 2. The molecule has 0 aromatic heterocycles. The first kappa shape index (κ1) is 33.0. The molecule has 0 amide bonds. The van der Waals surface area contributed by atoms with E-state index in [1.54, 1.807) is 28.2 Å². The molecule has 177 valence electrons. The SMILES string of the molecule is C[N-]C.C[N-]C.Cc1cccc(C)c1[N-]Cc1cc(C(C)(C)C)cc(C(C)(C)C)c1O.[Zr+3]. The molecule has 1 N–H and O–H groups in total. The van der Waals surface area contributed by atoms with E-state index in [0.717, 1.165) is 16.8 Å². The minimum Gasteiger partial charge on any atom is -0.680 e. The second-order valence-corrected chi connectivity index (χ2v) is 9.98. The zero-order valence-corrected chi connectivity index (χ0v) is 24.8. The average Bonchev–Trinajstić information content (AvgIpc) is 2.62. The summed E-state index contributed by atoms with van der Waals surface area (Å²) in [6.45, 7) is 17.7. The summed E-state index contributed by atoms with van der Waals surface area (Å²) >= 11 is 0. The molecule has 2 aromatic rings. The van der Waals surface area contributed by atoms with E-state index in [2.05, 4.69) is 96.4 Å². The monoisotopic (exact) mass is 516 g/mol. The fourth-order valence-electron chi connectivity index (χ4n) is 3.04. The molecule has 0 bridgehead atoms. The smallest absolute Gasteiger partial charge is 0.680 e. The summed E-state index contributed by atoms with van der Waals surface area (Å²) in [5, 5.41) is 22.7. The van der Waals surface area contributed by atoms with Crippen LogP contribution in [0.25, 0.3) is 16.0 Å². The number of aromatic hydroxyl groups is 1. The number of hydrogen-bond donors (Lipinski definition) is 1. The van der Waals surface area contributed by atoms with Gasteiger partial charge in [-0.25, -0.2) is 0 Å². The van der Waals surface area contributed by atoms with Crippen molar-refractivity contribution in [3.05, 3.63) is 74.1 Å². The van der Waals surface area contributed by atoms with Crippen LogP contribution in [-0.2, 0) is 43.6 Å². The average molecular weight is 518 g/mol. The quantitative estimate of drug-likeness (QED) is 0.440. The first-order chi connectivity index (χ1) is 14.2. The Morgan fingerprint density at radius 3 is 1.59 bits per heavy atom. The third-order valence-corrected chi connectivity index (χ3v) is 4.71. The summed E-state index contributed by atoms with van der Waals surface area (Å²) in [6.07, 6.45) is 0. The van der Waals surface area contributed by atoms with Crippen molar-refractivity contribution in [2.24, 2.45) is 0 Å². The Hall–Kier alpha value is -1.16. The maximum absolute atomic E-state index is 10.9. The molecule has 4 nitrogen and oxygen atoms in total. The standard InChI is InChI=1S/C23H32NO.2C2H6N.Zr/c1-15-10-9-11-16(2)20(15)24-14-17-12-18(22(3,4)5)13-19(21(17)25)23(6,7)8;2*1-3-2;/h9-13,25H,14H2,1-8H3;2*1-2H3;/q3*-1;+3. The van der Waals surface area contributed by atoms with E-state index in [-0.39, 0.29) is 37.0 Å². The van der Waals surface area contributed by atoms with Crippen LogP contribution < -0.4 is 0 Å². The summed E-state index contributed by atoms with van der Waals surface area (Å²) < 4.78 is 0. The van der Waals surface area contributed by atoms with E-state index in [4.69, 9.17) is 5.32 Å². The molecule has 0 aliphatic carbocycles. The van der Waals surface area contributed by atoms with Crippen LogP contribution in [0.1, 0.15) is 69.4 Å². The molecule has 32 heavy (non-hydrogen) atoms. The van der Waals surface area contributed by atoms with Gasteiger partial charge < -0.3 is 21.1 Å². The molecule has 2 aromatic carbocycles. The van der Waals surface area contributed by atoms with Crippen molar-refractivity contribution in [1.82, 2.24) is 0 Å². The second-order valence-electron chi connectivity index (χ2n) is 9.98. The Labute approximate surface area is 217 Å². The van der Waals surface area contributed by atoms with Gasteiger partial charge in [-0.05, 0) is 41.4 Å². The molecule has 0 heterocycles. The van der Waals surface area contributed by atoms with E-state index in [1.807, 2.05) is 0 Å². The zero-order chi connectivity index (χ0) is 24.4. The van der Waals surface area contributed by atoms with Crippen molar-refractivity contribution < 1.29 is 31.3 Å². The zero-order valence-electron chi connectivity index (χ0n) is 22.4. The predicted molar refractivity (Wildman–Crippen MR) is 139 cm³/mol. The van der Waals surface area contributed by atoms with Gasteiger partial charge in [0.2, 0.25) is 0 Å². The number of phenolic OH excluding ortho intramolecular Hbond substituents is 1. The van der Waals surface area contributed by atoms with Crippen LogP contribution in [0.3, 0.4) is 0 Å². The van der Waals surface area contributed by atoms with E-state index in [0.29, 0.717) is 12.3 Å². The van der Waals surface area contributed by atoms with Crippen LogP contribution in [-0.4, -0.2) is 33.3 Å². The van der Waals surface area contributed by atoms with E-state index in [1.165, 1.54) is 16.7 Å². The van der Waals surface area contributed by atoms with Gasteiger partial charge in [-0.3, -0.25) is 0 Å². The van der Waals surface area contributed by atoms with Crippen LogP contribution in [0, 0.1) is 13.8 Å². The molecule has 2 rings (SSSR count). The summed E-state index contributed by atoms with van der Waals surface area (Å²) in [5.41, 5.74) is 6.42. The van der Waals surface area contributed by atoms with Crippen molar-refractivity contribution in [1.29, 1.82) is 0 Å². The first-order valence-electron chi connectivity index (χ1n) is 10.8. The molecule has 0 saturated heterocycles. The largest absolute Gasteiger partial charge is 3.00 e. The predicted octanol–water partition coefficient (Wildman–Crippen LogP) is 8.05. The number of rotatable bonds is 3. The Morgan fingerprint density at radius 2 is 1.22 bits per heavy atom. The van der Waals surface area contributed by atoms with Crippen LogP contribution in [0.15, 0.2) is 30.3 Å². The van der Waals surface area contributed by atoms with Crippen molar-refractivity contribution in [2.45, 2.75) is 72.8 Å². The topological polar surface area (TPSA) is 62.5 Å². The summed E-state index contributed by atoms with van der Waals surface area (Å²) in [6, 6.07) is 10.5. The fraction of sp³-hybridized carbons (Fsp3) is 0.556. The van der Waals surface area contributed by atoms with Crippen molar-refractivity contribution >= 4 is 5.69 Å². The van der Waals surface area contributed by atoms with Gasteiger partial charge in [-0.15, -0.1) is 12.2 Å². The fourth-order valence-corrected chi connectivity index (χ4v) is 3.04.